The van der Waals surface area contributed by atoms with Gasteiger partial charge in [0.2, 0.25) is 5.91 Å². The maximum atomic E-state index is 12.8. The summed E-state index contributed by atoms with van der Waals surface area (Å²) < 4.78 is 13.3. The van der Waals surface area contributed by atoms with E-state index in [4.69, 9.17) is 19.1 Å². The molecule has 3 aromatic rings. The van der Waals surface area contributed by atoms with Crippen molar-refractivity contribution in [1.29, 1.82) is 0 Å². The minimum absolute atomic E-state index is 0.0328. The number of likely N-dealkylation sites (tertiary alicyclic amines) is 1. The molecule has 8 nitrogen and oxygen atoms in total. The molecule has 6 rings (SSSR count). The van der Waals surface area contributed by atoms with Gasteiger partial charge >= 0.3 is 6.01 Å². The first kappa shape index (κ1) is 34.6. The molecule has 0 radical (unpaired) electrons. The van der Waals surface area contributed by atoms with Gasteiger partial charge in [-0.1, -0.05) is 69.3 Å². The number of aryl methyl sites for hydroxylation is 1. The van der Waals surface area contributed by atoms with Gasteiger partial charge in [-0.15, -0.1) is 0 Å². The van der Waals surface area contributed by atoms with E-state index in [2.05, 4.69) is 101 Å². The van der Waals surface area contributed by atoms with Crippen LogP contribution >= 0.6 is 0 Å². The van der Waals surface area contributed by atoms with Gasteiger partial charge in [0.1, 0.15) is 12.4 Å². The molecule has 1 amide bonds. The van der Waals surface area contributed by atoms with Crippen LogP contribution in [-0.2, 0) is 22.1 Å². The predicted octanol–water partition coefficient (Wildman–Crippen LogP) is 6.91. The quantitative estimate of drug-likeness (QED) is 0.181. The van der Waals surface area contributed by atoms with E-state index in [-0.39, 0.29) is 17.0 Å². The van der Waals surface area contributed by atoms with Crippen LogP contribution in [0.15, 0.2) is 49.1 Å². The Kier molecular flexibility index (Phi) is 10.0. The van der Waals surface area contributed by atoms with Crippen molar-refractivity contribution < 1.29 is 14.0 Å². The summed E-state index contributed by atoms with van der Waals surface area (Å²) in [5, 5.41) is 2.71. The molecule has 3 atom stereocenters. The number of fused-ring (bicyclic) bond motifs is 2. The van der Waals surface area contributed by atoms with Gasteiger partial charge < -0.3 is 23.9 Å². The average Bonchev–Trinajstić information content (AvgIpc) is 3.48. The summed E-state index contributed by atoms with van der Waals surface area (Å²) in [5.41, 5.74) is 5.00. The number of likely N-dealkylation sites (N-methyl/N-ethyl adjacent to an activating group) is 1. The number of hydrogen-bond acceptors (Lipinski definition) is 7. The van der Waals surface area contributed by atoms with Gasteiger partial charge in [-0.2, -0.15) is 9.97 Å². The monoisotopic (exact) mass is 669 g/mol. The fourth-order valence-electron chi connectivity index (χ4n) is 7.46. The summed E-state index contributed by atoms with van der Waals surface area (Å²) in [6, 6.07) is 14.2. The zero-order chi connectivity index (χ0) is 34.2. The predicted molar refractivity (Wildman–Crippen MR) is 198 cm³/mol. The van der Waals surface area contributed by atoms with Crippen molar-refractivity contribution >= 4 is 30.8 Å². The maximum absolute atomic E-state index is 12.8. The number of amides is 1. The van der Waals surface area contributed by atoms with Crippen LogP contribution in [0, 0.1) is 6.92 Å². The molecule has 1 unspecified atom stereocenters. The molecule has 48 heavy (non-hydrogen) atoms. The van der Waals surface area contributed by atoms with Crippen molar-refractivity contribution in [3.63, 3.8) is 0 Å². The smallest absolute Gasteiger partial charge is 0.318 e. The number of benzene rings is 2. The Morgan fingerprint density at radius 2 is 1.85 bits per heavy atom. The highest BCUT2D eigenvalue weighted by molar-refractivity contribution is 6.74. The van der Waals surface area contributed by atoms with Crippen molar-refractivity contribution in [2.45, 2.75) is 95.9 Å². The topological polar surface area (TPSA) is 71.0 Å². The van der Waals surface area contributed by atoms with Gasteiger partial charge in [-0.25, -0.2) is 0 Å². The lowest BCUT2D eigenvalue weighted by molar-refractivity contribution is -0.126. The maximum Gasteiger partial charge on any atom is 0.318 e. The van der Waals surface area contributed by atoms with Crippen molar-refractivity contribution in [2.75, 3.05) is 51.3 Å². The van der Waals surface area contributed by atoms with Crippen molar-refractivity contribution in [3.8, 4) is 6.01 Å². The highest BCUT2D eigenvalue weighted by Gasteiger charge is 2.40. The molecular formula is C39H55N5O3Si. The van der Waals surface area contributed by atoms with Crippen molar-refractivity contribution in [1.82, 2.24) is 19.8 Å². The second-order valence-corrected chi connectivity index (χ2v) is 20.6. The Hall–Kier alpha value is -3.27. The molecule has 2 fully saturated rings. The lowest BCUT2D eigenvalue weighted by Crippen LogP contribution is -2.58. The number of nitrogens with zero attached hydrogens (tertiary/aromatic N) is 5. The third kappa shape index (κ3) is 7.19. The number of ether oxygens (including phenoxy) is 1. The number of carbonyl (C=O) groups is 1. The normalized spacial score (nSPS) is 22.2. The van der Waals surface area contributed by atoms with E-state index in [0.29, 0.717) is 50.8 Å². The fourth-order valence-corrected chi connectivity index (χ4v) is 8.50. The molecule has 1 aromatic heterocycles. The van der Waals surface area contributed by atoms with E-state index in [9.17, 15) is 4.79 Å². The van der Waals surface area contributed by atoms with Crippen molar-refractivity contribution in [3.05, 3.63) is 71.4 Å². The highest BCUT2D eigenvalue weighted by Crippen LogP contribution is 2.41. The van der Waals surface area contributed by atoms with Crippen LogP contribution in [0.2, 0.25) is 18.1 Å². The zero-order valence-electron chi connectivity index (χ0n) is 30.2. The molecule has 0 spiro atoms. The number of rotatable bonds is 9. The Balaban J connectivity index is 1.37. The summed E-state index contributed by atoms with van der Waals surface area (Å²) in [5.74, 6) is 1.28. The van der Waals surface area contributed by atoms with Crippen LogP contribution in [0.25, 0.3) is 10.8 Å². The van der Waals surface area contributed by atoms with Crippen LogP contribution in [0.3, 0.4) is 0 Å². The van der Waals surface area contributed by atoms with E-state index in [0.717, 1.165) is 43.7 Å². The molecule has 2 saturated heterocycles. The third-order valence-electron chi connectivity index (χ3n) is 11.5. The Labute approximate surface area is 288 Å². The molecule has 0 saturated carbocycles. The number of aromatic nitrogens is 2. The number of carbonyl (C=O) groups excluding carboxylic acids is 1. The van der Waals surface area contributed by atoms with Crippen molar-refractivity contribution in [2.24, 2.45) is 0 Å². The average molecular weight is 670 g/mol. The Morgan fingerprint density at radius 1 is 1.06 bits per heavy atom. The second kappa shape index (κ2) is 13.9. The van der Waals surface area contributed by atoms with E-state index >= 15 is 0 Å². The first-order chi connectivity index (χ1) is 22.8. The first-order valence-corrected chi connectivity index (χ1v) is 20.8. The molecule has 9 heteroatoms. The molecule has 0 bridgehead atoms. The summed E-state index contributed by atoms with van der Waals surface area (Å²) in [7, 11) is 0.138. The fraction of sp³-hybridized carbons (Fsp3) is 0.564. The number of anilines is 1. The minimum Gasteiger partial charge on any atom is -0.462 e. The van der Waals surface area contributed by atoms with Gasteiger partial charge in [0.25, 0.3) is 0 Å². The summed E-state index contributed by atoms with van der Waals surface area (Å²) in [4.78, 5) is 29.9. The first-order valence-electron chi connectivity index (χ1n) is 17.9. The van der Waals surface area contributed by atoms with Gasteiger partial charge in [0, 0.05) is 31.2 Å². The highest BCUT2D eigenvalue weighted by atomic mass is 28.4. The third-order valence-corrected chi connectivity index (χ3v) is 16.0. The zero-order valence-corrected chi connectivity index (χ0v) is 31.2. The van der Waals surface area contributed by atoms with E-state index in [1.807, 2.05) is 4.90 Å². The second-order valence-electron chi connectivity index (χ2n) is 15.8. The molecule has 2 aliphatic heterocycles. The summed E-state index contributed by atoms with van der Waals surface area (Å²) >= 11 is 0. The van der Waals surface area contributed by atoms with Gasteiger partial charge in [-0.05, 0) is 99.1 Å². The minimum atomic E-state index is -2.04. The molecule has 2 aromatic carbocycles. The van der Waals surface area contributed by atoms with Crippen LogP contribution in [0.5, 0.6) is 6.01 Å². The lowest BCUT2D eigenvalue weighted by Gasteiger charge is -2.45. The van der Waals surface area contributed by atoms with Gasteiger partial charge in [0.15, 0.2) is 8.32 Å². The van der Waals surface area contributed by atoms with E-state index < -0.39 is 8.32 Å². The molecule has 3 heterocycles. The molecule has 3 aliphatic rings. The lowest BCUT2D eigenvalue weighted by atomic mass is 9.80. The van der Waals surface area contributed by atoms with Gasteiger partial charge in [-0.3, -0.25) is 4.79 Å². The van der Waals surface area contributed by atoms with E-state index in [1.165, 1.54) is 40.0 Å². The van der Waals surface area contributed by atoms with Crippen LogP contribution in [-0.4, -0.2) is 92.5 Å². The summed E-state index contributed by atoms with van der Waals surface area (Å²) in [6.07, 6.45) is 6.52. The Morgan fingerprint density at radius 3 is 2.58 bits per heavy atom. The van der Waals surface area contributed by atoms with Gasteiger partial charge in [0.05, 0.1) is 18.3 Å². The SMILES string of the molecule is C=CC(=O)N1CCN(c2nc(OC[C@@H]3CCCN3C)nc3c2CCC(c2cc(C)cc4ccccc24)C3)[C@@H](CO[Si](C)(C)C(C)(C)C)C1. The molecule has 1 aliphatic carbocycles. The summed E-state index contributed by atoms with van der Waals surface area (Å²) in [6.45, 7) is 21.4. The van der Waals surface area contributed by atoms with E-state index in [1.54, 1.807) is 0 Å². The molecule has 258 valence electrons. The van der Waals surface area contributed by atoms with Crippen LogP contribution in [0.1, 0.15) is 68.3 Å². The molecular weight excluding hydrogens is 615 g/mol. The molecule has 0 N–H and O–H groups in total. The van der Waals surface area contributed by atoms with Crippen LogP contribution < -0.4 is 9.64 Å². The Bertz CT molecular complexity index is 1650. The number of piperazine rings is 1. The largest absolute Gasteiger partial charge is 0.462 e. The number of hydrogen-bond donors (Lipinski definition) is 0. The van der Waals surface area contributed by atoms with Crippen LogP contribution in [0.4, 0.5) is 5.82 Å². The standard InChI is InChI=1S/C39H55N5O3Si/c1-9-36(45)43-19-20-44(31(24-43)26-47-48(7,8)39(3,4)5)37-33-17-16-29(34-22-27(2)21-28-13-10-11-15-32(28)34)23-35(33)40-38(41-37)46-25-30-14-12-18-42(30)6/h9-11,13,15,21-22,29-31H,1,12,14,16-20,23-26H2,2-8H3/t29?,30-,31+/m0/s1.